The third kappa shape index (κ3) is 3.02. The maximum Gasteiger partial charge on any atom is 0.0624 e. The summed E-state index contributed by atoms with van der Waals surface area (Å²) in [5, 5.41) is 3.31. The summed E-state index contributed by atoms with van der Waals surface area (Å²) in [6, 6.07) is 9.88. The minimum Gasteiger partial charge on any atom is -0.330 e. The molecule has 1 unspecified atom stereocenters. The first-order valence-electron chi connectivity index (χ1n) is 5.38. The van der Waals surface area contributed by atoms with Crippen molar-refractivity contribution in [1.29, 1.82) is 0 Å². The zero-order valence-electron chi connectivity index (χ0n) is 9.20. The van der Waals surface area contributed by atoms with Gasteiger partial charge in [0, 0.05) is 17.3 Å². The molecule has 0 spiro atoms. The molecule has 0 radical (unpaired) electrons. The molecule has 17 heavy (non-hydrogen) atoms. The Morgan fingerprint density at radius 3 is 2.65 bits per heavy atom. The highest BCUT2D eigenvalue weighted by Crippen LogP contribution is 2.31. The topological polar surface area (TPSA) is 26.0 Å². The normalized spacial score (nSPS) is 12.6. The number of benzene rings is 1. The molecule has 1 nitrogen and oxygen atoms in total. The minimum atomic E-state index is 0.311. The van der Waals surface area contributed by atoms with Crippen LogP contribution in [0.1, 0.15) is 16.4 Å². The van der Waals surface area contributed by atoms with Crippen molar-refractivity contribution in [2.24, 2.45) is 5.73 Å². The van der Waals surface area contributed by atoms with Gasteiger partial charge in [-0.1, -0.05) is 41.4 Å². The van der Waals surface area contributed by atoms with Crippen LogP contribution >= 0.6 is 34.5 Å². The van der Waals surface area contributed by atoms with Gasteiger partial charge in [-0.3, -0.25) is 0 Å². The lowest BCUT2D eigenvalue weighted by atomic mass is 9.98. The molecule has 90 valence electrons. The summed E-state index contributed by atoms with van der Waals surface area (Å²) in [5.41, 5.74) is 6.89. The Morgan fingerprint density at radius 2 is 2.00 bits per heavy atom. The van der Waals surface area contributed by atoms with E-state index in [1.807, 2.05) is 18.2 Å². The van der Waals surface area contributed by atoms with E-state index in [0.29, 0.717) is 22.5 Å². The molecule has 1 aromatic carbocycles. The second-order valence-corrected chi connectivity index (χ2v) is 5.63. The number of nitrogens with two attached hydrogens (primary N) is 1. The van der Waals surface area contributed by atoms with Crippen molar-refractivity contribution >= 4 is 34.5 Å². The zero-order chi connectivity index (χ0) is 12.3. The van der Waals surface area contributed by atoms with Crippen LogP contribution in [0.2, 0.25) is 10.0 Å². The molecular weight excluding hydrogens is 273 g/mol. The van der Waals surface area contributed by atoms with Gasteiger partial charge in [0.1, 0.15) is 0 Å². The quantitative estimate of drug-likeness (QED) is 0.889. The number of hydrogen-bond acceptors (Lipinski definition) is 2. The molecule has 2 N–H and O–H groups in total. The Balaban J connectivity index is 2.22. The highest BCUT2D eigenvalue weighted by molar-refractivity contribution is 7.10. The minimum absolute atomic E-state index is 0.311. The maximum atomic E-state index is 6.19. The highest BCUT2D eigenvalue weighted by atomic mass is 35.5. The second kappa shape index (κ2) is 5.87. The summed E-state index contributed by atoms with van der Waals surface area (Å²) in [5.74, 6) is 0.311. The van der Waals surface area contributed by atoms with Crippen LogP contribution in [0.15, 0.2) is 35.7 Å². The number of rotatable bonds is 4. The predicted octanol–water partition coefficient (Wildman–Crippen LogP) is 4.34. The lowest BCUT2D eigenvalue weighted by Crippen LogP contribution is -2.14. The standard InChI is InChI=1S/C13H13Cl2NS/c14-11-4-1-3-9(13(11)15)7-10(8-16)12-5-2-6-17-12/h1-6,10H,7-8,16H2. The molecule has 2 rings (SSSR count). The number of halogens is 2. The van der Waals surface area contributed by atoms with E-state index in [9.17, 15) is 0 Å². The van der Waals surface area contributed by atoms with Gasteiger partial charge in [-0.25, -0.2) is 0 Å². The van der Waals surface area contributed by atoms with E-state index in [1.165, 1.54) is 4.88 Å². The Morgan fingerprint density at radius 1 is 1.18 bits per heavy atom. The van der Waals surface area contributed by atoms with Crippen LogP contribution in [0.3, 0.4) is 0 Å². The van der Waals surface area contributed by atoms with Crippen LogP contribution in [0.25, 0.3) is 0 Å². The summed E-state index contributed by atoms with van der Waals surface area (Å²) < 4.78 is 0. The summed E-state index contributed by atoms with van der Waals surface area (Å²) in [6.45, 7) is 0.614. The van der Waals surface area contributed by atoms with Gasteiger partial charge in [0.05, 0.1) is 10.0 Å². The molecular formula is C13H13Cl2NS. The first kappa shape index (κ1) is 12.9. The fourth-order valence-electron chi connectivity index (χ4n) is 1.80. The Hall–Kier alpha value is -0.540. The van der Waals surface area contributed by atoms with Crippen molar-refractivity contribution in [3.05, 3.63) is 56.2 Å². The molecule has 0 saturated carbocycles. The first-order chi connectivity index (χ1) is 8.22. The van der Waals surface area contributed by atoms with E-state index >= 15 is 0 Å². The van der Waals surface area contributed by atoms with Crippen LogP contribution in [-0.2, 0) is 6.42 Å². The molecule has 0 bridgehead atoms. The van der Waals surface area contributed by atoms with Crippen molar-refractivity contribution < 1.29 is 0 Å². The average Bonchev–Trinajstić information content (AvgIpc) is 2.85. The summed E-state index contributed by atoms with van der Waals surface area (Å²) >= 11 is 13.9. The largest absolute Gasteiger partial charge is 0.330 e. The zero-order valence-corrected chi connectivity index (χ0v) is 11.5. The number of hydrogen-bond donors (Lipinski definition) is 1. The Kier molecular flexibility index (Phi) is 4.46. The summed E-state index contributed by atoms with van der Waals surface area (Å²) in [6.07, 6.45) is 0.830. The molecule has 1 aromatic heterocycles. The number of thiophene rings is 1. The van der Waals surface area contributed by atoms with Gasteiger partial charge < -0.3 is 5.73 Å². The van der Waals surface area contributed by atoms with Crippen molar-refractivity contribution in [2.75, 3.05) is 6.54 Å². The van der Waals surface area contributed by atoms with E-state index in [2.05, 4.69) is 11.4 Å². The van der Waals surface area contributed by atoms with E-state index in [0.717, 1.165) is 12.0 Å². The molecule has 0 aliphatic carbocycles. The molecule has 4 heteroatoms. The van der Waals surface area contributed by atoms with Gasteiger partial charge in [-0.05, 0) is 29.5 Å². The predicted molar refractivity (Wildman–Crippen MR) is 76.3 cm³/mol. The van der Waals surface area contributed by atoms with Crippen LogP contribution < -0.4 is 5.73 Å². The van der Waals surface area contributed by atoms with E-state index in [1.54, 1.807) is 17.4 Å². The second-order valence-electron chi connectivity index (χ2n) is 3.87. The lowest BCUT2D eigenvalue weighted by molar-refractivity contribution is 0.707. The van der Waals surface area contributed by atoms with E-state index < -0.39 is 0 Å². The molecule has 0 aliphatic rings. The summed E-state index contributed by atoms with van der Waals surface area (Å²) in [4.78, 5) is 1.29. The first-order valence-corrected chi connectivity index (χ1v) is 7.02. The fraction of sp³-hybridized carbons (Fsp3) is 0.231. The van der Waals surface area contributed by atoms with E-state index in [-0.39, 0.29) is 0 Å². The van der Waals surface area contributed by atoms with Crippen molar-refractivity contribution in [3.63, 3.8) is 0 Å². The van der Waals surface area contributed by atoms with Crippen LogP contribution in [0.4, 0.5) is 0 Å². The van der Waals surface area contributed by atoms with Crippen LogP contribution in [0.5, 0.6) is 0 Å². The third-order valence-electron chi connectivity index (χ3n) is 2.73. The molecule has 0 saturated heterocycles. The van der Waals surface area contributed by atoms with Gasteiger partial charge in [-0.2, -0.15) is 0 Å². The summed E-state index contributed by atoms with van der Waals surface area (Å²) in [7, 11) is 0. The van der Waals surface area contributed by atoms with Gasteiger partial charge in [-0.15, -0.1) is 11.3 Å². The van der Waals surface area contributed by atoms with Crippen LogP contribution in [-0.4, -0.2) is 6.54 Å². The SMILES string of the molecule is NCC(Cc1cccc(Cl)c1Cl)c1cccs1. The molecule has 0 aliphatic heterocycles. The molecule has 0 amide bonds. The Bertz CT molecular complexity index is 482. The van der Waals surface area contributed by atoms with Gasteiger partial charge in [0.25, 0.3) is 0 Å². The monoisotopic (exact) mass is 285 g/mol. The van der Waals surface area contributed by atoms with Gasteiger partial charge in [0.2, 0.25) is 0 Å². The van der Waals surface area contributed by atoms with Gasteiger partial charge in [0.15, 0.2) is 0 Å². The highest BCUT2D eigenvalue weighted by Gasteiger charge is 2.14. The van der Waals surface area contributed by atoms with Gasteiger partial charge >= 0.3 is 0 Å². The van der Waals surface area contributed by atoms with Crippen LogP contribution in [0, 0.1) is 0 Å². The molecule has 1 atom stereocenters. The van der Waals surface area contributed by atoms with Crippen molar-refractivity contribution in [2.45, 2.75) is 12.3 Å². The maximum absolute atomic E-state index is 6.19. The van der Waals surface area contributed by atoms with Crippen molar-refractivity contribution in [1.82, 2.24) is 0 Å². The molecule has 0 fully saturated rings. The molecule has 1 heterocycles. The smallest absolute Gasteiger partial charge is 0.0624 e. The lowest BCUT2D eigenvalue weighted by Gasteiger charge is -2.14. The fourth-order valence-corrected chi connectivity index (χ4v) is 3.04. The molecule has 2 aromatic rings. The van der Waals surface area contributed by atoms with Crippen molar-refractivity contribution in [3.8, 4) is 0 Å². The third-order valence-corrected chi connectivity index (χ3v) is 4.62. The Labute approximate surface area is 115 Å². The van der Waals surface area contributed by atoms with E-state index in [4.69, 9.17) is 28.9 Å². The average molecular weight is 286 g/mol.